The Balaban J connectivity index is 0.00000220. The van der Waals surface area contributed by atoms with Crippen molar-refractivity contribution in [1.82, 2.24) is 0 Å². The summed E-state index contributed by atoms with van der Waals surface area (Å²) in [6.07, 6.45) is 2.31. The molecule has 4 heteroatoms. The first kappa shape index (κ1) is 18.6. The fourth-order valence-electron chi connectivity index (χ4n) is 3.26. The monoisotopic (exact) mass is 405 g/mol. The molecule has 0 aliphatic carbocycles. The molecule has 0 saturated heterocycles. The summed E-state index contributed by atoms with van der Waals surface area (Å²) < 4.78 is 12.0. The lowest BCUT2D eigenvalue weighted by Crippen LogP contribution is -3.00. The molecule has 1 aromatic carbocycles. The zero-order chi connectivity index (χ0) is 14.9. The number of hydrogen-bond donors (Lipinski definition) is 0. The number of quaternary nitrogens is 1. The van der Waals surface area contributed by atoms with E-state index in [2.05, 4.69) is 40.1 Å². The van der Waals surface area contributed by atoms with Gasteiger partial charge in [-0.25, -0.2) is 0 Å². The van der Waals surface area contributed by atoms with Gasteiger partial charge in [0.15, 0.2) is 11.5 Å². The van der Waals surface area contributed by atoms with Crippen LogP contribution in [0.5, 0.6) is 11.5 Å². The summed E-state index contributed by atoms with van der Waals surface area (Å²) in [5.41, 5.74) is 2.86. The molecule has 0 bridgehead atoms. The van der Waals surface area contributed by atoms with Crippen molar-refractivity contribution in [1.29, 1.82) is 0 Å². The topological polar surface area (TPSA) is 18.5 Å². The molecule has 1 aromatic rings. The molecule has 1 aliphatic rings. The van der Waals surface area contributed by atoms with Gasteiger partial charge < -0.3 is 37.9 Å². The predicted octanol–water partition coefficient (Wildman–Crippen LogP) is 0.428. The molecule has 1 heterocycles. The molecule has 0 radical (unpaired) electrons. The van der Waals surface area contributed by atoms with Crippen LogP contribution < -0.4 is 33.5 Å². The van der Waals surface area contributed by atoms with Crippen molar-refractivity contribution in [2.75, 3.05) is 34.9 Å². The average Bonchev–Trinajstić information content (AvgIpc) is 2.40. The SMILES string of the molecule is COc1cc2c(cc1OC)C(CC(C)C)[N+](C)(C)CC2.[I-]. The Morgan fingerprint density at radius 1 is 1.14 bits per heavy atom. The van der Waals surface area contributed by atoms with E-state index >= 15 is 0 Å². The molecule has 0 fully saturated rings. The highest BCUT2D eigenvalue weighted by Crippen LogP contribution is 2.42. The molecule has 2 rings (SSSR count). The smallest absolute Gasteiger partial charge is 0.161 e. The fourth-order valence-corrected chi connectivity index (χ4v) is 3.26. The number of rotatable bonds is 4. The lowest BCUT2D eigenvalue weighted by molar-refractivity contribution is -0.924. The normalized spacial score (nSPS) is 19.7. The van der Waals surface area contributed by atoms with Crippen LogP contribution in [0.15, 0.2) is 12.1 Å². The summed E-state index contributed by atoms with van der Waals surface area (Å²) in [6, 6.07) is 4.90. The minimum Gasteiger partial charge on any atom is -1.00 e. The Morgan fingerprint density at radius 3 is 2.24 bits per heavy atom. The molecule has 1 atom stereocenters. The lowest BCUT2D eigenvalue weighted by atomic mass is 9.86. The van der Waals surface area contributed by atoms with Crippen LogP contribution >= 0.6 is 0 Å². The van der Waals surface area contributed by atoms with E-state index in [4.69, 9.17) is 9.47 Å². The number of halogens is 1. The highest BCUT2D eigenvalue weighted by molar-refractivity contribution is 5.48. The van der Waals surface area contributed by atoms with Crippen LogP contribution in [0.1, 0.15) is 37.4 Å². The van der Waals surface area contributed by atoms with E-state index in [0.29, 0.717) is 12.0 Å². The van der Waals surface area contributed by atoms with Crippen LogP contribution in [0.25, 0.3) is 0 Å². The molecule has 0 aromatic heterocycles. The number of ether oxygens (including phenoxy) is 2. The standard InChI is InChI=1S/C17H28NO2.HI/c1-12(2)9-15-14-11-17(20-6)16(19-5)10-13(14)7-8-18(15,3)4;/h10-12,15H,7-9H2,1-6H3;1H/q+1;/p-1. The summed E-state index contributed by atoms with van der Waals surface area (Å²) in [6.45, 7) is 5.78. The average molecular weight is 405 g/mol. The molecular formula is C17H28INO2. The maximum Gasteiger partial charge on any atom is 0.161 e. The third kappa shape index (κ3) is 3.83. The second-order valence-corrected chi connectivity index (χ2v) is 6.80. The van der Waals surface area contributed by atoms with Crippen LogP contribution in [0.4, 0.5) is 0 Å². The third-order valence-corrected chi connectivity index (χ3v) is 4.50. The van der Waals surface area contributed by atoms with E-state index < -0.39 is 0 Å². The maximum atomic E-state index is 5.49. The molecule has 0 spiro atoms. The predicted molar refractivity (Wildman–Crippen MR) is 82.4 cm³/mol. The van der Waals surface area contributed by atoms with Crippen molar-refractivity contribution in [2.24, 2.45) is 5.92 Å². The summed E-state index contributed by atoms with van der Waals surface area (Å²) in [7, 11) is 8.10. The minimum atomic E-state index is 0. The molecule has 1 unspecified atom stereocenters. The molecular weight excluding hydrogens is 377 g/mol. The van der Waals surface area contributed by atoms with E-state index in [0.717, 1.165) is 22.4 Å². The Kier molecular flexibility index (Phi) is 6.35. The molecule has 0 saturated carbocycles. The van der Waals surface area contributed by atoms with E-state index in [-0.39, 0.29) is 24.0 Å². The Hall–Kier alpha value is -0.490. The number of methoxy groups -OCH3 is 2. The number of fused-ring (bicyclic) bond motifs is 1. The van der Waals surface area contributed by atoms with Crippen molar-refractivity contribution in [3.63, 3.8) is 0 Å². The molecule has 21 heavy (non-hydrogen) atoms. The van der Waals surface area contributed by atoms with Gasteiger partial charge in [0, 0.05) is 18.4 Å². The van der Waals surface area contributed by atoms with Crippen molar-refractivity contribution >= 4 is 0 Å². The van der Waals surface area contributed by atoms with Crippen molar-refractivity contribution in [3.8, 4) is 11.5 Å². The summed E-state index contributed by atoms with van der Waals surface area (Å²) in [5, 5.41) is 0. The maximum absolute atomic E-state index is 5.49. The van der Waals surface area contributed by atoms with Gasteiger partial charge in [0.05, 0.1) is 34.9 Å². The zero-order valence-corrected chi connectivity index (χ0v) is 16.2. The van der Waals surface area contributed by atoms with Crippen LogP contribution in [0.2, 0.25) is 0 Å². The van der Waals surface area contributed by atoms with Gasteiger partial charge in [-0.15, -0.1) is 0 Å². The Morgan fingerprint density at radius 2 is 1.71 bits per heavy atom. The van der Waals surface area contributed by atoms with Crippen LogP contribution in [0.3, 0.4) is 0 Å². The Bertz CT molecular complexity index is 486. The molecule has 1 aliphatic heterocycles. The Labute approximate surface area is 146 Å². The first-order valence-corrected chi connectivity index (χ1v) is 7.46. The largest absolute Gasteiger partial charge is 1.00 e. The van der Waals surface area contributed by atoms with Gasteiger partial charge in [-0.3, -0.25) is 0 Å². The number of hydrogen-bond acceptors (Lipinski definition) is 2. The van der Waals surface area contributed by atoms with Crippen molar-refractivity contribution < 1.29 is 37.9 Å². The van der Waals surface area contributed by atoms with Gasteiger partial charge in [0.25, 0.3) is 0 Å². The number of benzene rings is 1. The van der Waals surface area contributed by atoms with E-state index in [1.54, 1.807) is 14.2 Å². The zero-order valence-electron chi connectivity index (χ0n) is 14.1. The van der Waals surface area contributed by atoms with Crippen LogP contribution in [0, 0.1) is 5.92 Å². The fraction of sp³-hybridized carbons (Fsp3) is 0.647. The van der Waals surface area contributed by atoms with Gasteiger partial charge in [0.2, 0.25) is 0 Å². The van der Waals surface area contributed by atoms with Crippen molar-refractivity contribution in [3.05, 3.63) is 23.3 Å². The second kappa shape index (κ2) is 7.18. The molecule has 0 N–H and O–H groups in total. The van der Waals surface area contributed by atoms with E-state index in [1.807, 2.05) is 0 Å². The van der Waals surface area contributed by atoms with Crippen LogP contribution in [-0.4, -0.2) is 39.3 Å². The van der Waals surface area contributed by atoms with Crippen LogP contribution in [-0.2, 0) is 6.42 Å². The van der Waals surface area contributed by atoms with E-state index in [1.165, 1.54) is 24.1 Å². The summed E-state index contributed by atoms with van der Waals surface area (Å²) in [4.78, 5) is 0. The number of nitrogens with zero attached hydrogens (tertiary/aromatic N) is 1. The van der Waals surface area contributed by atoms with Gasteiger partial charge in [-0.1, -0.05) is 13.8 Å². The van der Waals surface area contributed by atoms with E-state index in [9.17, 15) is 0 Å². The molecule has 3 nitrogen and oxygen atoms in total. The van der Waals surface area contributed by atoms with Gasteiger partial charge >= 0.3 is 0 Å². The summed E-state index contributed by atoms with van der Waals surface area (Å²) in [5.74, 6) is 2.39. The molecule has 120 valence electrons. The van der Waals surface area contributed by atoms with Crippen molar-refractivity contribution in [2.45, 2.75) is 32.7 Å². The summed E-state index contributed by atoms with van der Waals surface area (Å²) >= 11 is 0. The third-order valence-electron chi connectivity index (χ3n) is 4.50. The first-order chi connectivity index (χ1) is 9.39. The minimum absolute atomic E-state index is 0. The lowest BCUT2D eigenvalue weighted by Gasteiger charge is -2.43. The highest BCUT2D eigenvalue weighted by atomic mass is 127. The molecule has 0 amide bonds. The first-order valence-electron chi connectivity index (χ1n) is 7.46. The number of likely N-dealkylation sites (N-methyl/N-ethyl adjacent to an activating group) is 1. The van der Waals surface area contributed by atoms with Gasteiger partial charge in [0.1, 0.15) is 6.04 Å². The van der Waals surface area contributed by atoms with Gasteiger partial charge in [-0.05, 0) is 23.6 Å². The van der Waals surface area contributed by atoms with Gasteiger partial charge in [-0.2, -0.15) is 0 Å². The second-order valence-electron chi connectivity index (χ2n) is 6.80. The quantitative estimate of drug-likeness (QED) is 0.535. The highest BCUT2D eigenvalue weighted by Gasteiger charge is 2.36.